The van der Waals surface area contributed by atoms with Crippen molar-refractivity contribution in [2.45, 2.75) is 56.4 Å². The molecule has 46 heavy (non-hydrogen) atoms. The smallest absolute Gasteiger partial charge is 0.363 e. The Hall–Kier alpha value is -4.65. The van der Waals surface area contributed by atoms with Crippen molar-refractivity contribution >= 4 is 28.9 Å². The van der Waals surface area contributed by atoms with Gasteiger partial charge in [0.25, 0.3) is 0 Å². The minimum Gasteiger partial charge on any atom is -0.363 e. The van der Waals surface area contributed by atoms with Crippen LogP contribution in [0.15, 0.2) is 43.1 Å². The zero-order chi connectivity index (χ0) is 32.1. The Balaban J connectivity index is 0.974. The number of pyridine rings is 1. The molecule has 13 nitrogen and oxygen atoms in total. The standard InChI is InChI=1S/C30H35F3N12O/c1-40(15-21-4-5-21)24-6-11-41(12-7-24)26(46)18-43-17-23(14-35-43)37-28-38-27-25(3-2-10-44(27)39-28)42-19-29(20-42,8-9-34)45-16-22(13-36-45)30(31,32)33/h2-3,10,13-14,16-17,21,24H,4-8,11-12,15,18-20H2,1H3,(H,37,39). The summed E-state index contributed by atoms with van der Waals surface area (Å²) in [6.45, 7) is 3.38. The minimum atomic E-state index is -4.51. The lowest BCUT2D eigenvalue weighted by molar-refractivity contribution is -0.137. The highest BCUT2D eigenvalue weighted by molar-refractivity contribution is 5.76. The SMILES string of the molecule is CN(CC1CC1)C1CCN(C(=O)Cn2cc(Nc3nc4c(N5CC(CC#N)(n6cc(C(F)(F)F)cn6)C5)cccn4n3)cn2)CC1. The minimum absolute atomic E-state index is 0.00753. The summed E-state index contributed by atoms with van der Waals surface area (Å²) in [7, 11) is 2.20. The van der Waals surface area contributed by atoms with Crippen molar-refractivity contribution < 1.29 is 18.0 Å². The normalized spacial score (nSPS) is 18.6. The van der Waals surface area contributed by atoms with Gasteiger partial charge in [-0.1, -0.05) is 0 Å². The van der Waals surface area contributed by atoms with Crippen molar-refractivity contribution in [1.29, 1.82) is 5.26 Å². The summed E-state index contributed by atoms with van der Waals surface area (Å²) in [5.74, 6) is 1.22. The number of fused-ring (bicyclic) bond motifs is 1. The number of amides is 1. The van der Waals surface area contributed by atoms with Crippen molar-refractivity contribution in [2.75, 3.05) is 50.0 Å². The lowest BCUT2D eigenvalue weighted by Gasteiger charge is -2.50. The highest BCUT2D eigenvalue weighted by Crippen LogP contribution is 2.39. The Morgan fingerprint density at radius 1 is 1.15 bits per heavy atom. The maximum atomic E-state index is 13.2. The molecule has 0 atom stereocenters. The van der Waals surface area contributed by atoms with E-state index in [4.69, 9.17) is 0 Å². The molecule has 0 bridgehead atoms. The van der Waals surface area contributed by atoms with Crippen LogP contribution in [-0.2, 0) is 23.1 Å². The predicted octanol–water partition coefficient (Wildman–Crippen LogP) is 3.35. The van der Waals surface area contributed by atoms with Gasteiger partial charge >= 0.3 is 6.18 Å². The van der Waals surface area contributed by atoms with Crippen molar-refractivity contribution in [1.82, 2.24) is 44.0 Å². The number of nitrogens with zero attached hydrogens (tertiary/aromatic N) is 11. The number of likely N-dealkylation sites (tertiary alicyclic amines) is 1. The van der Waals surface area contributed by atoms with Crippen LogP contribution in [0.4, 0.5) is 30.5 Å². The Kier molecular flexibility index (Phi) is 7.58. The van der Waals surface area contributed by atoms with Gasteiger partial charge in [-0.3, -0.25) is 14.2 Å². The van der Waals surface area contributed by atoms with E-state index in [1.807, 2.05) is 15.9 Å². The van der Waals surface area contributed by atoms with E-state index in [1.165, 1.54) is 17.5 Å². The number of carbonyl (C=O) groups excluding carboxylic acids is 1. The van der Waals surface area contributed by atoms with Crippen LogP contribution in [0.2, 0.25) is 0 Å². The zero-order valence-corrected chi connectivity index (χ0v) is 25.4. The first-order chi connectivity index (χ1) is 22.1. The molecule has 0 aromatic carbocycles. The molecule has 7 rings (SSSR count). The third kappa shape index (κ3) is 5.98. The number of halogens is 3. The van der Waals surface area contributed by atoms with Crippen LogP contribution < -0.4 is 10.2 Å². The van der Waals surface area contributed by atoms with Gasteiger partial charge in [0.15, 0.2) is 5.65 Å². The van der Waals surface area contributed by atoms with Gasteiger partial charge in [0.2, 0.25) is 11.9 Å². The first-order valence-electron chi connectivity index (χ1n) is 15.5. The summed E-state index contributed by atoms with van der Waals surface area (Å²) in [5, 5.41) is 25.4. The molecule has 16 heteroatoms. The van der Waals surface area contributed by atoms with Gasteiger partial charge in [-0.15, -0.1) is 5.10 Å². The number of alkyl halides is 3. The first kappa shape index (κ1) is 30.0. The maximum absolute atomic E-state index is 13.2. The third-order valence-corrected chi connectivity index (χ3v) is 9.33. The lowest BCUT2D eigenvalue weighted by atomic mass is 9.86. The highest BCUT2D eigenvalue weighted by Gasteiger charge is 2.47. The van der Waals surface area contributed by atoms with E-state index in [1.54, 1.807) is 33.9 Å². The molecule has 0 spiro atoms. The quantitative estimate of drug-likeness (QED) is 0.279. The predicted molar refractivity (Wildman–Crippen MR) is 161 cm³/mol. The molecule has 3 fully saturated rings. The number of aromatic nitrogens is 7. The summed E-state index contributed by atoms with van der Waals surface area (Å²) < 4.78 is 44.1. The molecule has 4 aromatic rings. The zero-order valence-electron chi connectivity index (χ0n) is 25.4. The van der Waals surface area contributed by atoms with E-state index < -0.39 is 17.3 Å². The Morgan fingerprint density at radius 3 is 2.63 bits per heavy atom. The van der Waals surface area contributed by atoms with E-state index in [2.05, 4.69) is 43.6 Å². The van der Waals surface area contributed by atoms with Crippen LogP contribution in [0.1, 0.15) is 37.7 Å². The van der Waals surface area contributed by atoms with Gasteiger partial charge in [0.05, 0.1) is 41.8 Å². The first-order valence-corrected chi connectivity index (χ1v) is 15.5. The average molecular weight is 637 g/mol. The van der Waals surface area contributed by atoms with Gasteiger partial charge in [0, 0.05) is 57.4 Å². The van der Waals surface area contributed by atoms with E-state index in [9.17, 15) is 23.2 Å². The monoisotopic (exact) mass is 636 g/mol. The van der Waals surface area contributed by atoms with Crippen LogP contribution >= 0.6 is 0 Å². The van der Waals surface area contributed by atoms with Gasteiger partial charge < -0.3 is 20.0 Å². The Morgan fingerprint density at radius 2 is 1.93 bits per heavy atom. The van der Waals surface area contributed by atoms with Crippen LogP contribution in [0, 0.1) is 17.2 Å². The van der Waals surface area contributed by atoms with Crippen molar-refractivity contribution in [3.05, 3.63) is 48.7 Å². The van der Waals surface area contributed by atoms with Crippen LogP contribution in [0.5, 0.6) is 0 Å². The van der Waals surface area contributed by atoms with Gasteiger partial charge in [-0.05, 0) is 50.8 Å². The van der Waals surface area contributed by atoms with Crippen LogP contribution in [0.25, 0.3) is 5.65 Å². The molecule has 0 radical (unpaired) electrons. The number of anilines is 3. The number of piperidine rings is 1. The molecule has 3 aliphatic rings. The third-order valence-electron chi connectivity index (χ3n) is 9.33. The fourth-order valence-electron chi connectivity index (χ4n) is 6.54. The molecule has 6 heterocycles. The number of hydrogen-bond acceptors (Lipinski definition) is 9. The second-order valence-corrected chi connectivity index (χ2v) is 12.7. The molecule has 1 saturated carbocycles. The number of nitrogens with one attached hydrogen (secondary N) is 1. The van der Waals surface area contributed by atoms with Gasteiger partial charge in [-0.2, -0.15) is 33.6 Å². The summed E-state index contributed by atoms with van der Waals surface area (Å²) >= 11 is 0. The molecule has 1 N–H and O–H groups in total. The molecular weight excluding hydrogens is 601 g/mol. The molecule has 1 amide bonds. The van der Waals surface area contributed by atoms with Crippen molar-refractivity contribution in [3.63, 3.8) is 0 Å². The lowest BCUT2D eigenvalue weighted by Crippen LogP contribution is -2.63. The Bertz CT molecular complexity index is 1750. The number of nitriles is 1. The van der Waals surface area contributed by atoms with Crippen LogP contribution in [0.3, 0.4) is 0 Å². The summed E-state index contributed by atoms with van der Waals surface area (Å²) in [5.41, 5.74) is 0.157. The van der Waals surface area contributed by atoms with E-state index in [0.29, 0.717) is 23.3 Å². The van der Waals surface area contributed by atoms with E-state index >= 15 is 0 Å². The summed E-state index contributed by atoms with van der Waals surface area (Å²) in [4.78, 5) is 24.0. The van der Waals surface area contributed by atoms with Crippen molar-refractivity contribution in [3.8, 4) is 6.07 Å². The van der Waals surface area contributed by atoms with E-state index in [-0.39, 0.29) is 32.0 Å². The number of rotatable bonds is 10. The topological polar surface area (TPSA) is 128 Å². The maximum Gasteiger partial charge on any atom is 0.419 e. The van der Waals surface area contributed by atoms with Crippen LogP contribution in [-0.4, -0.2) is 95.7 Å². The molecule has 4 aromatic heterocycles. The fourth-order valence-corrected chi connectivity index (χ4v) is 6.54. The Labute approximate surface area is 263 Å². The number of hydrogen-bond donors (Lipinski definition) is 1. The molecule has 2 aliphatic heterocycles. The fraction of sp³-hybridized carbons (Fsp3) is 0.533. The second kappa shape index (κ2) is 11.6. The molecule has 242 valence electrons. The van der Waals surface area contributed by atoms with Gasteiger partial charge in [0.1, 0.15) is 12.1 Å². The average Bonchev–Trinajstić information content (AvgIpc) is 3.35. The molecular formula is C30H35F3N12O. The molecule has 0 unspecified atom stereocenters. The molecule has 1 aliphatic carbocycles. The largest absolute Gasteiger partial charge is 0.419 e. The molecule has 2 saturated heterocycles. The summed E-state index contributed by atoms with van der Waals surface area (Å²) in [6, 6.07) is 6.29. The number of carbonyl (C=O) groups is 1. The van der Waals surface area contributed by atoms with Gasteiger partial charge in [-0.25, -0.2) is 4.52 Å². The highest BCUT2D eigenvalue weighted by atomic mass is 19.4. The van der Waals surface area contributed by atoms with E-state index in [0.717, 1.165) is 56.5 Å². The summed E-state index contributed by atoms with van der Waals surface area (Å²) in [6.07, 6.45) is 7.00. The van der Waals surface area contributed by atoms with Crippen molar-refractivity contribution in [2.24, 2.45) is 5.92 Å². The second-order valence-electron chi connectivity index (χ2n) is 12.7.